The molecule has 7 heteroatoms. The largest absolute Gasteiger partial charge is 0.392 e. The summed E-state index contributed by atoms with van der Waals surface area (Å²) < 4.78 is 13.6. The molecule has 2 aliphatic heterocycles. The third kappa shape index (κ3) is 8.82. The summed E-state index contributed by atoms with van der Waals surface area (Å²) in [6, 6.07) is 44.8. The van der Waals surface area contributed by atoms with Gasteiger partial charge in [-0.1, -0.05) is 122 Å². The highest BCUT2D eigenvalue weighted by Gasteiger charge is 2.39. The fourth-order valence-electron chi connectivity index (χ4n) is 7.12. The van der Waals surface area contributed by atoms with Gasteiger partial charge in [0.25, 0.3) is 5.91 Å². The van der Waals surface area contributed by atoms with E-state index in [0.29, 0.717) is 12.1 Å². The number of amides is 1. The maximum absolute atomic E-state index is 12.6. The standard InChI is InChI=1S/C44H47N3O4/c1-32-41(30-47-25-23-46(24-26-47)29-33-9-4-2-5-10-33)50-44(51-42(32)37-17-15-34(31-48)16-18-37)39-21-19-36(20-22-39)40-14-8-11-35(27-40)28-45-43(49)38-12-6-3-7-13-38/h2-22,27,32,41-42,44,48H,23-26,28-31H2,1H3,(H,45,49)/t32-,41+,42+,44+/m1/s1. The number of piperazine rings is 1. The van der Waals surface area contributed by atoms with Crippen LogP contribution in [0.25, 0.3) is 11.1 Å². The van der Waals surface area contributed by atoms with Gasteiger partial charge in [0, 0.05) is 62.9 Å². The number of ether oxygens (including phenoxy) is 2. The van der Waals surface area contributed by atoms with Crippen LogP contribution in [0.2, 0.25) is 0 Å². The lowest BCUT2D eigenvalue weighted by molar-refractivity contribution is -0.276. The summed E-state index contributed by atoms with van der Waals surface area (Å²) in [7, 11) is 0. The van der Waals surface area contributed by atoms with E-state index in [-0.39, 0.29) is 30.6 Å². The Labute approximate surface area is 301 Å². The molecule has 2 N–H and O–H groups in total. The Morgan fingerprint density at radius 3 is 2.04 bits per heavy atom. The predicted octanol–water partition coefficient (Wildman–Crippen LogP) is 7.39. The molecule has 4 atom stereocenters. The number of nitrogens with one attached hydrogen (secondary N) is 1. The molecular formula is C44H47N3O4. The van der Waals surface area contributed by atoms with Gasteiger partial charge in [-0.25, -0.2) is 0 Å². The molecule has 0 aliphatic carbocycles. The number of hydrogen-bond donors (Lipinski definition) is 2. The zero-order chi connectivity index (χ0) is 35.0. The molecule has 0 radical (unpaired) electrons. The number of rotatable bonds is 11. The fraction of sp³-hybridized carbons (Fsp3) is 0.295. The molecule has 5 aromatic rings. The Bertz CT molecular complexity index is 1840. The second-order valence-electron chi connectivity index (χ2n) is 13.8. The first-order valence-electron chi connectivity index (χ1n) is 18.0. The molecule has 0 saturated carbocycles. The van der Waals surface area contributed by atoms with Gasteiger partial charge in [-0.05, 0) is 51.6 Å². The number of carbonyl (C=O) groups excluding carboxylic acids is 1. The van der Waals surface area contributed by atoms with Crippen molar-refractivity contribution in [2.45, 2.75) is 45.1 Å². The lowest BCUT2D eigenvalue weighted by Crippen LogP contribution is -2.51. The number of aliphatic hydroxyl groups is 1. The normalized spacial score (nSPS) is 21.3. The average Bonchev–Trinajstić information content (AvgIpc) is 3.19. The minimum absolute atomic E-state index is 0.0174. The summed E-state index contributed by atoms with van der Waals surface area (Å²) in [4.78, 5) is 17.7. The molecule has 0 bridgehead atoms. The van der Waals surface area contributed by atoms with E-state index in [1.165, 1.54) is 5.56 Å². The summed E-state index contributed by atoms with van der Waals surface area (Å²) >= 11 is 0. The van der Waals surface area contributed by atoms with E-state index in [2.05, 4.69) is 101 Å². The van der Waals surface area contributed by atoms with E-state index in [0.717, 1.165) is 72.6 Å². The molecule has 0 unspecified atom stereocenters. The Kier molecular flexibility index (Phi) is 11.3. The van der Waals surface area contributed by atoms with Crippen LogP contribution in [-0.2, 0) is 29.2 Å². The molecule has 2 heterocycles. The molecule has 7 rings (SSSR count). The van der Waals surface area contributed by atoms with Gasteiger partial charge in [0.05, 0.1) is 18.8 Å². The van der Waals surface area contributed by atoms with Crippen molar-refractivity contribution in [1.29, 1.82) is 0 Å². The second-order valence-corrected chi connectivity index (χ2v) is 13.8. The average molecular weight is 682 g/mol. The second kappa shape index (κ2) is 16.6. The first-order chi connectivity index (χ1) is 25.0. The Hall–Kier alpha value is -4.63. The number of nitrogens with zero attached hydrogens (tertiary/aromatic N) is 2. The zero-order valence-electron chi connectivity index (χ0n) is 29.2. The smallest absolute Gasteiger partial charge is 0.251 e. The van der Waals surface area contributed by atoms with Crippen LogP contribution in [0, 0.1) is 5.92 Å². The number of aliphatic hydroxyl groups excluding tert-OH is 1. The van der Waals surface area contributed by atoms with E-state index in [1.54, 1.807) is 0 Å². The molecule has 1 amide bonds. The zero-order valence-corrected chi connectivity index (χ0v) is 29.2. The Morgan fingerprint density at radius 2 is 1.33 bits per heavy atom. The van der Waals surface area contributed by atoms with Crippen LogP contribution in [-0.4, -0.2) is 59.6 Å². The first kappa shape index (κ1) is 34.8. The monoisotopic (exact) mass is 681 g/mol. The summed E-state index contributed by atoms with van der Waals surface area (Å²) in [6.45, 7) is 8.60. The van der Waals surface area contributed by atoms with E-state index < -0.39 is 6.29 Å². The van der Waals surface area contributed by atoms with Gasteiger partial charge >= 0.3 is 0 Å². The van der Waals surface area contributed by atoms with Gasteiger partial charge in [0.2, 0.25) is 0 Å². The molecule has 5 aromatic carbocycles. The van der Waals surface area contributed by atoms with Gasteiger partial charge in [-0.15, -0.1) is 0 Å². The van der Waals surface area contributed by atoms with Crippen molar-refractivity contribution in [2.75, 3.05) is 32.7 Å². The third-order valence-corrected chi connectivity index (χ3v) is 10.2. The van der Waals surface area contributed by atoms with Crippen LogP contribution in [0.4, 0.5) is 0 Å². The highest BCUT2D eigenvalue weighted by Crippen LogP contribution is 2.42. The van der Waals surface area contributed by atoms with Crippen LogP contribution in [0.1, 0.15) is 57.5 Å². The van der Waals surface area contributed by atoms with Gasteiger partial charge in [-0.2, -0.15) is 0 Å². The van der Waals surface area contributed by atoms with Gasteiger partial charge in [0.1, 0.15) is 0 Å². The molecule has 0 spiro atoms. The SMILES string of the molecule is C[C@@H]1[C@H](CN2CCN(Cc3ccccc3)CC2)O[C@H](c2ccc(-c3cccc(CNC(=O)c4ccccc4)c3)cc2)O[C@@H]1c1ccc(CO)cc1. The predicted molar refractivity (Wildman–Crippen MR) is 201 cm³/mol. The number of carbonyl (C=O) groups is 1. The first-order valence-corrected chi connectivity index (χ1v) is 18.0. The van der Waals surface area contributed by atoms with E-state index in [1.807, 2.05) is 54.6 Å². The van der Waals surface area contributed by atoms with Gasteiger partial charge in [0.15, 0.2) is 6.29 Å². The molecular weight excluding hydrogens is 635 g/mol. The molecule has 262 valence electrons. The molecule has 2 fully saturated rings. The van der Waals surface area contributed by atoms with E-state index >= 15 is 0 Å². The highest BCUT2D eigenvalue weighted by atomic mass is 16.7. The summed E-state index contributed by atoms with van der Waals surface area (Å²) in [5.41, 5.74) is 8.17. The minimum Gasteiger partial charge on any atom is -0.392 e. The van der Waals surface area contributed by atoms with E-state index in [4.69, 9.17) is 9.47 Å². The van der Waals surface area contributed by atoms with Crippen molar-refractivity contribution >= 4 is 5.91 Å². The number of benzene rings is 5. The lowest BCUT2D eigenvalue weighted by atomic mass is 9.89. The maximum atomic E-state index is 12.6. The van der Waals surface area contributed by atoms with Crippen molar-refractivity contribution < 1.29 is 19.4 Å². The van der Waals surface area contributed by atoms with Crippen LogP contribution in [0.3, 0.4) is 0 Å². The lowest BCUT2D eigenvalue weighted by Gasteiger charge is -2.44. The molecule has 51 heavy (non-hydrogen) atoms. The Morgan fingerprint density at radius 1 is 0.686 bits per heavy atom. The van der Waals surface area contributed by atoms with Crippen molar-refractivity contribution in [2.24, 2.45) is 5.92 Å². The Balaban J connectivity index is 1.03. The maximum Gasteiger partial charge on any atom is 0.251 e. The number of hydrogen-bond acceptors (Lipinski definition) is 6. The van der Waals surface area contributed by atoms with Gasteiger partial charge < -0.3 is 19.9 Å². The summed E-state index contributed by atoms with van der Waals surface area (Å²) in [5.74, 6) is 0.0476. The van der Waals surface area contributed by atoms with Crippen LogP contribution in [0.15, 0.2) is 133 Å². The molecule has 2 saturated heterocycles. The van der Waals surface area contributed by atoms with Crippen LogP contribution < -0.4 is 5.32 Å². The van der Waals surface area contributed by atoms with Crippen LogP contribution in [0.5, 0.6) is 0 Å². The summed E-state index contributed by atoms with van der Waals surface area (Å²) in [5, 5.41) is 12.7. The minimum atomic E-state index is -0.512. The van der Waals surface area contributed by atoms with Crippen molar-refractivity contribution in [3.05, 3.63) is 167 Å². The molecule has 7 nitrogen and oxygen atoms in total. The molecule has 0 aromatic heterocycles. The fourth-order valence-corrected chi connectivity index (χ4v) is 7.12. The van der Waals surface area contributed by atoms with E-state index in [9.17, 15) is 9.90 Å². The third-order valence-electron chi connectivity index (χ3n) is 10.2. The van der Waals surface area contributed by atoms with Crippen molar-refractivity contribution in [3.8, 4) is 11.1 Å². The topological polar surface area (TPSA) is 74.3 Å². The van der Waals surface area contributed by atoms with Gasteiger partial charge in [-0.3, -0.25) is 14.6 Å². The summed E-state index contributed by atoms with van der Waals surface area (Å²) in [6.07, 6.45) is -0.681. The molecule has 2 aliphatic rings. The van der Waals surface area contributed by atoms with Crippen molar-refractivity contribution in [1.82, 2.24) is 15.1 Å². The highest BCUT2D eigenvalue weighted by molar-refractivity contribution is 5.94. The van der Waals surface area contributed by atoms with Crippen molar-refractivity contribution in [3.63, 3.8) is 0 Å². The quantitative estimate of drug-likeness (QED) is 0.152. The van der Waals surface area contributed by atoms with Crippen LogP contribution >= 0.6 is 0 Å².